The van der Waals surface area contributed by atoms with Gasteiger partial charge in [-0.2, -0.15) is 0 Å². The molecule has 1 heterocycles. The number of azide groups is 1. The van der Waals surface area contributed by atoms with Gasteiger partial charge >= 0.3 is 0 Å². The quantitative estimate of drug-likeness (QED) is 0.122. The van der Waals surface area contributed by atoms with E-state index < -0.39 is 19.3 Å². The van der Waals surface area contributed by atoms with Crippen LogP contribution in [0.25, 0.3) is 16.2 Å². The summed E-state index contributed by atoms with van der Waals surface area (Å²) >= 11 is 0. The van der Waals surface area contributed by atoms with Crippen LogP contribution in [0.4, 0.5) is 0 Å². The van der Waals surface area contributed by atoms with Crippen molar-refractivity contribution < 1.29 is 9.30 Å². The monoisotopic (exact) mass is 477 g/mol. The van der Waals surface area contributed by atoms with Gasteiger partial charge in [-0.15, -0.1) is 0 Å². The molecule has 0 N–H and O–H groups in total. The van der Waals surface area contributed by atoms with Crippen molar-refractivity contribution in [2.75, 3.05) is 0 Å². The van der Waals surface area contributed by atoms with Crippen molar-refractivity contribution in [1.29, 1.82) is 0 Å². The Morgan fingerprint density at radius 1 is 0.771 bits per heavy atom. The minimum absolute atomic E-state index is 0.379. The minimum Gasteiger partial charge on any atom is -0.488 e. The van der Waals surface area contributed by atoms with Crippen molar-refractivity contribution in [3.63, 3.8) is 0 Å². The number of hydrogen-bond donors (Lipinski definition) is 0. The molecule has 1 aliphatic rings. The maximum atomic E-state index is 15.2. The van der Waals surface area contributed by atoms with Crippen molar-refractivity contribution in [2.45, 2.75) is 18.6 Å². The van der Waals surface area contributed by atoms with Gasteiger partial charge in [-0.05, 0) is 11.1 Å². The van der Waals surface area contributed by atoms with Crippen molar-refractivity contribution >= 4 is 23.5 Å². The van der Waals surface area contributed by atoms with Gasteiger partial charge in [0.1, 0.15) is 11.9 Å². The lowest BCUT2D eigenvalue weighted by Gasteiger charge is -2.22. The van der Waals surface area contributed by atoms with Gasteiger partial charge in [-0.25, -0.2) is 0 Å². The molecule has 172 valence electrons. The Balaban J connectivity index is 1.70. The molecule has 4 aromatic rings. The summed E-state index contributed by atoms with van der Waals surface area (Å²) in [6, 6.07) is 37.9. The Morgan fingerprint density at radius 3 is 1.77 bits per heavy atom. The van der Waals surface area contributed by atoms with Gasteiger partial charge < -0.3 is 9.30 Å². The second-order valence-electron chi connectivity index (χ2n) is 8.34. The standard InChI is InChI=1S/C29H24N3O2P/c30-32-31-28(22-13-5-1-6-14-22)26-21-27(29(34-26)23-15-7-2-8-16-23)35(33,24-17-9-3-10-18-24)25-19-11-4-12-20-25/h1-20,26,28H,21H2/t26-,28+/m1/s1. The summed E-state index contributed by atoms with van der Waals surface area (Å²) in [6.45, 7) is 0. The molecule has 0 saturated carbocycles. The SMILES string of the molecule is [N-]=[N+]=N[C@@H](c1ccccc1)[C@H]1CC(P(=O)(c2ccccc2)c2ccccc2)=C(c2ccccc2)O1. The first-order valence-corrected chi connectivity index (χ1v) is 13.2. The smallest absolute Gasteiger partial charge is 0.170 e. The van der Waals surface area contributed by atoms with Crippen LogP contribution in [-0.2, 0) is 9.30 Å². The van der Waals surface area contributed by atoms with E-state index in [1.165, 1.54) is 0 Å². The zero-order valence-corrected chi connectivity index (χ0v) is 19.9. The zero-order valence-electron chi connectivity index (χ0n) is 19.0. The fraction of sp³-hybridized carbons (Fsp3) is 0.103. The van der Waals surface area contributed by atoms with Gasteiger partial charge in [0.05, 0.1) is 6.04 Å². The molecule has 0 fully saturated rings. The summed E-state index contributed by atoms with van der Waals surface area (Å²) in [5, 5.41) is 6.34. The number of nitrogens with zero attached hydrogens (tertiary/aromatic N) is 3. The van der Waals surface area contributed by atoms with E-state index in [4.69, 9.17) is 4.74 Å². The van der Waals surface area contributed by atoms with Crippen molar-refractivity contribution in [1.82, 2.24) is 0 Å². The first-order chi connectivity index (χ1) is 17.2. The normalized spacial score (nSPS) is 16.3. The van der Waals surface area contributed by atoms with E-state index in [1.807, 2.05) is 121 Å². The average molecular weight is 478 g/mol. The van der Waals surface area contributed by atoms with Crippen LogP contribution in [0.5, 0.6) is 0 Å². The van der Waals surface area contributed by atoms with Crippen LogP contribution < -0.4 is 10.6 Å². The zero-order chi connectivity index (χ0) is 24.1. The first kappa shape index (κ1) is 22.7. The molecule has 6 heteroatoms. The van der Waals surface area contributed by atoms with Crippen LogP contribution in [-0.4, -0.2) is 6.10 Å². The summed E-state index contributed by atoms with van der Waals surface area (Å²) in [7, 11) is -3.26. The third-order valence-corrected chi connectivity index (χ3v) is 9.45. The maximum Gasteiger partial charge on any atom is 0.170 e. The van der Waals surface area contributed by atoms with Crippen LogP contribution in [0.2, 0.25) is 0 Å². The number of rotatable bonds is 7. The summed E-state index contributed by atoms with van der Waals surface area (Å²) in [5.41, 5.74) is 11.1. The molecule has 0 spiro atoms. The maximum absolute atomic E-state index is 15.2. The molecule has 0 saturated heterocycles. The van der Waals surface area contributed by atoms with Gasteiger partial charge in [-0.1, -0.05) is 126 Å². The predicted molar refractivity (Wildman–Crippen MR) is 141 cm³/mol. The minimum atomic E-state index is -3.26. The molecule has 0 unspecified atom stereocenters. The highest BCUT2D eigenvalue weighted by Crippen LogP contribution is 2.60. The molecule has 0 aliphatic carbocycles. The summed E-state index contributed by atoms with van der Waals surface area (Å²) in [4.78, 5) is 3.12. The van der Waals surface area contributed by atoms with Crippen molar-refractivity contribution in [3.05, 3.63) is 148 Å². The van der Waals surface area contributed by atoms with E-state index in [0.717, 1.165) is 27.1 Å². The Kier molecular flexibility index (Phi) is 6.54. The lowest BCUT2D eigenvalue weighted by atomic mass is 10.0. The number of benzene rings is 4. The molecule has 35 heavy (non-hydrogen) atoms. The second-order valence-corrected chi connectivity index (χ2v) is 11.1. The molecule has 0 aromatic heterocycles. The molecule has 5 rings (SSSR count). The highest BCUT2D eigenvalue weighted by atomic mass is 31.2. The molecule has 0 radical (unpaired) electrons. The topological polar surface area (TPSA) is 75.1 Å². The summed E-state index contributed by atoms with van der Waals surface area (Å²) in [5.74, 6) is 0.598. The Hall–Kier alpha value is -4.04. The largest absolute Gasteiger partial charge is 0.488 e. The van der Waals surface area contributed by atoms with E-state index in [9.17, 15) is 5.53 Å². The fourth-order valence-corrected chi connectivity index (χ4v) is 7.62. The molecule has 0 bridgehead atoms. The van der Waals surface area contributed by atoms with Gasteiger partial charge in [0.2, 0.25) is 0 Å². The van der Waals surface area contributed by atoms with Crippen molar-refractivity contribution in [3.8, 4) is 0 Å². The predicted octanol–water partition coefficient (Wildman–Crippen LogP) is 7.21. The summed E-state index contributed by atoms with van der Waals surface area (Å²) < 4.78 is 21.8. The van der Waals surface area contributed by atoms with E-state index >= 15 is 4.57 Å². The molecule has 4 aromatic carbocycles. The van der Waals surface area contributed by atoms with Crippen LogP contribution in [0.3, 0.4) is 0 Å². The lowest BCUT2D eigenvalue weighted by molar-refractivity contribution is 0.161. The molecule has 2 atom stereocenters. The third kappa shape index (κ3) is 4.40. The van der Waals surface area contributed by atoms with E-state index in [1.54, 1.807) is 0 Å². The number of ether oxygens (including phenoxy) is 1. The van der Waals surface area contributed by atoms with Gasteiger partial charge in [0.25, 0.3) is 0 Å². The molecule has 0 amide bonds. The molecule has 5 nitrogen and oxygen atoms in total. The van der Waals surface area contributed by atoms with Gasteiger partial charge in [-0.3, -0.25) is 0 Å². The van der Waals surface area contributed by atoms with Crippen LogP contribution in [0, 0.1) is 0 Å². The van der Waals surface area contributed by atoms with Crippen LogP contribution in [0.15, 0.2) is 132 Å². The van der Waals surface area contributed by atoms with Gasteiger partial charge in [0, 0.05) is 32.8 Å². The summed E-state index contributed by atoms with van der Waals surface area (Å²) in [6.07, 6.45) is -0.108. The van der Waals surface area contributed by atoms with Crippen molar-refractivity contribution in [2.24, 2.45) is 5.11 Å². The highest BCUT2D eigenvalue weighted by molar-refractivity contribution is 7.82. The lowest BCUT2D eigenvalue weighted by Crippen LogP contribution is -2.19. The van der Waals surface area contributed by atoms with E-state index in [2.05, 4.69) is 10.0 Å². The molecular formula is C29H24N3O2P. The van der Waals surface area contributed by atoms with E-state index in [0.29, 0.717) is 12.2 Å². The van der Waals surface area contributed by atoms with E-state index in [-0.39, 0.29) is 0 Å². The number of hydrogen-bond acceptors (Lipinski definition) is 3. The van der Waals surface area contributed by atoms with Gasteiger partial charge in [0.15, 0.2) is 7.14 Å². The molecular weight excluding hydrogens is 453 g/mol. The average Bonchev–Trinajstić information content (AvgIpc) is 3.39. The highest BCUT2D eigenvalue weighted by Gasteiger charge is 2.43. The Morgan fingerprint density at radius 2 is 1.26 bits per heavy atom. The molecule has 1 aliphatic heterocycles. The second kappa shape index (κ2) is 10.1. The fourth-order valence-electron chi connectivity index (χ4n) is 4.61. The first-order valence-electron chi connectivity index (χ1n) is 11.5. The van der Waals surface area contributed by atoms with Crippen LogP contribution >= 0.6 is 7.14 Å². The third-order valence-electron chi connectivity index (χ3n) is 6.25. The Labute approximate surface area is 204 Å². The van der Waals surface area contributed by atoms with Crippen LogP contribution in [0.1, 0.15) is 23.6 Å². The Bertz CT molecular complexity index is 1370.